The molecule has 1 saturated heterocycles. The van der Waals surface area contributed by atoms with Gasteiger partial charge >= 0.3 is 6.18 Å². The van der Waals surface area contributed by atoms with E-state index in [0.717, 1.165) is 13.0 Å². The Morgan fingerprint density at radius 2 is 2.00 bits per heavy atom. The minimum Gasteiger partial charge on any atom is -0.484 e. The van der Waals surface area contributed by atoms with Crippen LogP contribution in [0.3, 0.4) is 0 Å². The lowest BCUT2D eigenvalue weighted by Gasteiger charge is -2.21. The van der Waals surface area contributed by atoms with Crippen molar-refractivity contribution in [3.8, 4) is 5.75 Å². The molecule has 0 aliphatic carbocycles. The highest BCUT2D eigenvalue weighted by Gasteiger charge is 2.36. The lowest BCUT2D eigenvalue weighted by atomic mass is 9.89. The first-order chi connectivity index (χ1) is 9.78. The van der Waals surface area contributed by atoms with Gasteiger partial charge in [0.1, 0.15) is 5.75 Å². The average Bonchev–Trinajstić information content (AvgIpc) is 2.85. The van der Waals surface area contributed by atoms with Crippen molar-refractivity contribution in [3.63, 3.8) is 0 Å². The Labute approximate surface area is 132 Å². The summed E-state index contributed by atoms with van der Waals surface area (Å²) in [4.78, 5) is 12.1. The lowest BCUT2D eigenvalue weighted by Crippen LogP contribution is -2.35. The van der Waals surface area contributed by atoms with Crippen molar-refractivity contribution in [2.75, 3.05) is 25.0 Å². The van der Waals surface area contributed by atoms with Crippen LogP contribution in [0.4, 0.5) is 18.9 Å². The van der Waals surface area contributed by atoms with Crippen molar-refractivity contribution < 1.29 is 22.7 Å². The van der Waals surface area contributed by atoms with Crippen molar-refractivity contribution in [3.05, 3.63) is 24.3 Å². The molecule has 4 nitrogen and oxygen atoms in total. The zero-order valence-electron chi connectivity index (χ0n) is 12.0. The first-order valence-electron chi connectivity index (χ1n) is 6.60. The third kappa shape index (κ3) is 5.06. The maximum absolute atomic E-state index is 12.1. The van der Waals surface area contributed by atoms with Crippen molar-refractivity contribution >= 4 is 24.0 Å². The number of rotatable bonds is 4. The Balaban J connectivity index is 0.00000242. The van der Waals surface area contributed by atoms with Crippen LogP contribution in [0.1, 0.15) is 13.3 Å². The molecule has 1 amide bonds. The first kappa shape index (κ1) is 18.6. The van der Waals surface area contributed by atoms with Gasteiger partial charge in [-0.25, -0.2) is 0 Å². The number of hydrogen-bond acceptors (Lipinski definition) is 3. The number of hydrogen-bond donors (Lipinski definition) is 2. The second-order valence-corrected chi connectivity index (χ2v) is 5.37. The standard InChI is InChI=1S/C14H17F3N2O2.ClH/c1-13(6-7-18-8-13)12(20)19-10-2-4-11(5-3-10)21-9-14(15,16)17;/h2-5,18H,6-9H2,1H3,(H,19,20);1H. The van der Waals surface area contributed by atoms with Crippen LogP contribution in [0.25, 0.3) is 0 Å². The van der Waals surface area contributed by atoms with Gasteiger partial charge < -0.3 is 15.4 Å². The minimum absolute atomic E-state index is 0. The summed E-state index contributed by atoms with van der Waals surface area (Å²) >= 11 is 0. The number of carbonyl (C=O) groups is 1. The molecule has 1 aromatic carbocycles. The zero-order valence-corrected chi connectivity index (χ0v) is 12.8. The number of halogens is 4. The van der Waals surface area contributed by atoms with Gasteiger partial charge in [0.05, 0.1) is 5.41 Å². The van der Waals surface area contributed by atoms with E-state index < -0.39 is 18.2 Å². The minimum atomic E-state index is -4.36. The second kappa shape index (κ2) is 7.19. The molecule has 1 atom stereocenters. The van der Waals surface area contributed by atoms with Crippen LogP contribution in [0.2, 0.25) is 0 Å². The normalized spacial score (nSPS) is 21.1. The van der Waals surface area contributed by atoms with Crippen LogP contribution in [0.5, 0.6) is 5.75 Å². The number of ether oxygens (including phenoxy) is 1. The summed E-state index contributed by atoms with van der Waals surface area (Å²) in [5.74, 6) is 0.00975. The van der Waals surface area contributed by atoms with Crippen LogP contribution >= 0.6 is 12.4 Å². The van der Waals surface area contributed by atoms with E-state index in [1.807, 2.05) is 6.92 Å². The lowest BCUT2D eigenvalue weighted by molar-refractivity contribution is -0.153. The molecule has 0 bridgehead atoms. The van der Waals surface area contributed by atoms with Gasteiger partial charge in [-0.2, -0.15) is 13.2 Å². The number of carbonyl (C=O) groups excluding carboxylic acids is 1. The Bertz CT molecular complexity index is 500. The average molecular weight is 339 g/mol. The van der Waals surface area contributed by atoms with Crippen molar-refractivity contribution in [2.45, 2.75) is 19.5 Å². The van der Waals surface area contributed by atoms with E-state index in [2.05, 4.69) is 15.4 Å². The molecule has 2 N–H and O–H groups in total. The molecule has 0 saturated carbocycles. The van der Waals surface area contributed by atoms with Crippen LogP contribution in [-0.4, -0.2) is 31.8 Å². The molecule has 1 aromatic rings. The van der Waals surface area contributed by atoms with Gasteiger partial charge in [0.25, 0.3) is 0 Å². The van der Waals surface area contributed by atoms with Crippen molar-refractivity contribution in [1.29, 1.82) is 0 Å². The van der Waals surface area contributed by atoms with Crippen LogP contribution in [0, 0.1) is 5.41 Å². The van der Waals surface area contributed by atoms with E-state index in [1.165, 1.54) is 24.3 Å². The summed E-state index contributed by atoms with van der Waals surface area (Å²) in [5, 5.41) is 5.90. The second-order valence-electron chi connectivity index (χ2n) is 5.37. The Morgan fingerprint density at radius 1 is 1.36 bits per heavy atom. The highest BCUT2D eigenvalue weighted by molar-refractivity contribution is 5.95. The molecule has 2 rings (SSSR count). The van der Waals surface area contributed by atoms with Gasteiger partial charge in [0, 0.05) is 12.2 Å². The number of amides is 1. The predicted molar refractivity (Wildman–Crippen MR) is 79.5 cm³/mol. The van der Waals surface area contributed by atoms with E-state index in [0.29, 0.717) is 12.2 Å². The fourth-order valence-corrected chi connectivity index (χ4v) is 2.09. The molecule has 0 radical (unpaired) electrons. The van der Waals surface area contributed by atoms with E-state index in [-0.39, 0.29) is 24.1 Å². The van der Waals surface area contributed by atoms with E-state index in [9.17, 15) is 18.0 Å². The Kier molecular flexibility index (Phi) is 6.08. The third-order valence-corrected chi connectivity index (χ3v) is 3.43. The summed E-state index contributed by atoms with van der Waals surface area (Å²) in [6.45, 7) is 1.96. The van der Waals surface area contributed by atoms with E-state index in [1.54, 1.807) is 0 Å². The summed E-state index contributed by atoms with van der Waals surface area (Å²) in [5.41, 5.74) is 0.0818. The molecular formula is C14H18ClF3N2O2. The van der Waals surface area contributed by atoms with Gasteiger partial charge in [-0.3, -0.25) is 4.79 Å². The smallest absolute Gasteiger partial charge is 0.422 e. The molecule has 0 spiro atoms. The zero-order chi connectivity index (χ0) is 15.5. The fraction of sp³-hybridized carbons (Fsp3) is 0.500. The fourth-order valence-electron chi connectivity index (χ4n) is 2.09. The summed E-state index contributed by atoms with van der Waals surface area (Å²) in [7, 11) is 0. The molecular weight excluding hydrogens is 321 g/mol. The molecule has 124 valence electrons. The summed E-state index contributed by atoms with van der Waals surface area (Å²) < 4.78 is 40.7. The quantitative estimate of drug-likeness (QED) is 0.887. The largest absolute Gasteiger partial charge is 0.484 e. The number of nitrogens with one attached hydrogen (secondary N) is 2. The Hall–Kier alpha value is -1.47. The summed E-state index contributed by atoms with van der Waals surface area (Å²) in [6, 6.07) is 5.85. The number of benzene rings is 1. The van der Waals surface area contributed by atoms with Crippen LogP contribution < -0.4 is 15.4 Å². The van der Waals surface area contributed by atoms with Gasteiger partial charge in [-0.05, 0) is 44.2 Å². The third-order valence-electron chi connectivity index (χ3n) is 3.43. The molecule has 1 aliphatic heterocycles. The first-order valence-corrected chi connectivity index (χ1v) is 6.60. The van der Waals surface area contributed by atoms with Crippen molar-refractivity contribution in [1.82, 2.24) is 5.32 Å². The highest BCUT2D eigenvalue weighted by atomic mass is 35.5. The topological polar surface area (TPSA) is 50.4 Å². The number of alkyl halides is 3. The Morgan fingerprint density at radius 3 is 2.50 bits per heavy atom. The molecule has 1 heterocycles. The van der Waals surface area contributed by atoms with E-state index in [4.69, 9.17) is 0 Å². The highest BCUT2D eigenvalue weighted by Crippen LogP contribution is 2.27. The molecule has 0 aromatic heterocycles. The monoisotopic (exact) mass is 338 g/mol. The van der Waals surface area contributed by atoms with Gasteiger partial charge in [0.2, 0.25) is 5.91 Å². The molecule has 8 heteroatoms. The van der Waals surface area contributed by atoms with Gasteiger partial charge in [-0.1, -0.05) is 0 Å². The molecule has 1 aliphatic rings. The molecule has 1 unspecified atom stereocenters. The summed E-state index contributed by atoms with van der Waals surface area (Å²) in [6.07, 6.45) is -3.61. The van der Waals surface area contributed by atoms with E-state index >= 15 is 0 Å². The SMILES string of the molecule is CC1(C(=O)Nc2ccc(OCC(F)(F)F)cc2)CCNC1.Cl. The maximum atomic E-state index is 12.1. The van der Waals surface area contributed by atoms with Gasteiger partial charge in [-0.15, -0.1) is 12.4 Å². The van der Waals surface area contributed by atoms with Crippen LogP contribution in [0.15, 0.2) is 24.3 Å². The van der Waals surface area contributed by atoms with Crippen LogP contribution in [-0.2, 0) is 4.79 Å². The van der Waals surface area contributed by atoms with Gasteiger partial charge in [0.15, 0.2) is 6.61 Å². The predicted octanol–water partition coefficient (Wildman–Crippen LogP) is 2.99. The maximum Gasteiger partial charge on any atom is 0.422 e. The number of anilines is 1. The van der Waals surface area contributed by atoms with Crippen molar-refractivity contribution in [2.24, 2.45) is 5.41 Å². The molecule has 1 fully saturated rings. The molecule has 22 heavy (non-hydrogen) atoms.